The van der Waals surface area contributed by atoms with Crippen LogP contribution in [0.4, 0.5) is 8.78 Å². The zero-order chi connectivity index (χ0) is 10.3. The molecule has 0 amide bonds. The van der Waals surface area contributed by atoms with Gasteiger partial charge in [0, 0.05) is 10.4 Å². The highest BCUT2D eigenvalue weighted by Crippen LogP contribution is 2.25. The third kappa shape index (κ3) is 1.36. The summed E-state index contributed by atoms with van der Waals surface area (Å²) in [4.78, 5) is 0. The van der Waals surface area contributed by atoms with Gasteiger partial charge in [0.15, 0.2) is 11.6 Å². The lowest BCUT2D eigenvalue weighted by molar-refractivity contribution is 0.511. The minimum Gasteiger partial charge on any atom is -0.203 e. The van der Waals surface area contributed by atoms with Gasteiger partial charge < -0.3 is 0 Å². The highest BCUT2D eigenvalue weighted by atomic mass is 35.5. The molecular formula is C11H7ClF2. The van der Waals surface area contributed by atoms with Crippen LogP contribution in [0.15, 0.2) is 24.3 Å². The second kappa shape index (κ2) is 3.21. The van der Waals surface area contributed by atoms with Crippen LogP contribution >= 0.6 is 11.6 Å². The summed E-state index contributed by atoms with van der Waals surface area (Å²) >= 11 is 5.69. The summed E-state index contributed by atoms with van der Waals surface area (Å²) in [6.45, 7) is 1.53. The summed E-state index contributed by atoms with van der Waals surface area (Å²) in [6, 6.07) is 6.35. The van der Waals surface area contributed by atoms with Crippen LogP contribution in [-0.4, -0.2) is 0 Å². The Balaban J connectivity index is 2.92. The van der Waals surface area contributed by atoms with E-state index in [1.54, 1.807) is 18.2 Å². The van der Waals surface area contributed by atoms with Crippen molar-refractivity contribution in [2.75, 3.05) is 0 Å². The van der Waals surface area contributed by atoms with E-state index in [4.69, 9.17) is 11.6 Å². The minimum absolute atomic E-state index is 0.223. The molecule has 0 N–H and O–H groups in total. The van der Waals surface area contributed by atoms with Gasteiger partial charge in [-0.15, -0.1) is 0 Å². The molecule has 0 unspecified atom stereocenters. The normalized spacial score (nSPS) is 10.9. The van der Waals surface area contributed by atoms with E-state index in [0.29, 0.717) is 16.0 Å². The fourth-order valence-electron chi connectivity index (χ4n) is 1.43. The lowest BCUT2D eigenvalue weighted by Crippen LogP contribution is -1.90. The summed E-state index contributed by atoms with van der Waals surface area (Å²) < 4.78 is 26.6. The number of hydrogen-bond donors (Lipinski definition) is 0. The molecule has 0 nitrogen and oxygen atoms in total. The summed E-state index contributed by atoms with van der Waals surface area (Å²) in [5.41, 5.74) is 0.303. The van der Waals surface area contributed by atoms with E-state index >= 15 is 0 Å². The molecule has 2 rings (SSSR count). The number of hydrogen-bond acceptors (Lipinski definition) is 0. The van der Waals surface area contributed by atoms with E-state index in [-0.39, 0.29) is 5.39 Å². The SMILES string of the molecule is Cc1cc2ccc(Cl)cc2c(F)c1F. The molecule has 0 heterocycles. The Morgan fingerprint density at radius 3 is 2.50 bits per heavy atom. The first-order chi connectivity index (χ1) is 6.59. The van der Waals surface area contributed by atoms with Gasteiger partial charge >= 0.3 is 0 Å². The Labute approximate surface area is 85.1 Å². The molecule has 72 valence electrons. The number of rotatable bonds is 0. The Morgan fingerprint density at radius 2 is 1.79 bits per heavy atom. The molecule has 0 atom stereocenters. The number of halogens is 3. The molecule has 3 heteroatoms. The third-order valence-electron chi connectivity index (χ3n) is 2.16. The van der Waals surface area contributed by atoms with Crippen molar-refractivity contribution in [1.82, 2.24) is 0 Å². The second-order valence-corrected chi connectivity index (χ2v) is 3.62. The average Bonchev–Trinajstić information content (AvgIpc) is 2.16. The lowest BCUT2D eigenvalue weighted by atomic mass is 10.1. The van der Waals surface area contributed by atoms with Crippen molar-refractivity contribution < 1.29 is 8.78 Å². The Bertz CT molecular complexity index is 506. The van der Waals surface area contributed by atoms with Crippen molar-refractivity contribution in [3.63, 3.8) is 0 Å². The van der Waals surface area contributed by atoms with E-state index in [0.717, 1.165) is 0 Å². The standard InChI is InChI=1S/C11H7ClF2/c1-6-4-7-2-3-8(12)5-9(7)11(14)10(6)13/h2-5H,1H3. The zero-order valence-corrected chi connectivity index (χ0v) is 8.20. The van der Waals surface area contributed by atoms with E-state index in [9.17, 15) is 8.78 Å². The maximum atomic E-state index is 13.4. The second-order valence-electron chi connectivity index (χ2n) is 3.19. The molecule has 0 radical (unpaired) electrons. The first-order valence-corrected chi connectivity index (χ1v) is 4.51. The van der Waals surface area contributed by atoms with Gasteiger partial charge in [-0.2, -0.15) is 0 Å². The number of benzene rings is 2. The van der Waals surface area contributed by atoms with Gasteiger partial charge in [0.2, 0.25) is 0 Å². The average molecular weight is 213 g/mol. The largest absolute Gasteiger partial charge is 0.203 e. The summed E-state index contributed by atoms with van der Waals surface area (Å²) in [5.74, 6) is -1.64. The molecule has 0 saturated heterocycles. The van der Waals surface area contributed by atoms with E-state index < -0.39 is 11.6 Å². The molecular weight excluding hydrogens is 206 g/mol. The van der Waals surface area contributed by atoms with Crippen LogP contribution in [0, 0.1) is 18.6 Å². The van der Waals surface area contributed by atoms with Crippen molar-refractivity contribution in [3.8, 4) is 0 Å². The van der Waals surface area contributed by atoms with Gasteiger partial charge in [0.05, 0.1) is 0 Å². The molecule has 0 fully saturated rings. The first-order valence-electron chi connectivity index (χ1n) is 4.13. The maximum absolute atomic E-state index is 13.4. The van der Waals surface area contributed by atoms with Gasteiger partial charge in [0.25, 0.3) is 0 Å². The van der Waals surface area contributed by atoms with Crippen LogP contribution in [0.2, 0.25) is 5.02 Å². The van der Waals surface area contributed by atoms with Gasteiger partial charge in [-0.1, -0.05) is 17.7 Å². The zero-order valence-electron chi connectivity index (χ0n) is 7.44. The van der Waals surface area contributed by atoms with Crippen molar-refractivity contribution in [3.05, 3.63) is 46.5 Å². The lowest BCUT2D eigenvalue weighted by Gasteiger charge is -2.04. The van der Waals surface area contributed by atoms with Crippen LogP contribution in [0.5, 0.6) is 0 Å². The molecule has 14 heavy (non-hydrogen) atoms. The predicted octanol–water partition coefficient (Wildman–Crippen LogP) is 4.08. The summed E-state index contributed by atoms with van der Waals surface area (Å²) in [5, 5.41) is 1.28. The minimum atomic E-state index is -0.831. The highest BCUT2D eigenvalue weighted by molar-refractivity contribution is 6.31. The molecule has 0 aliphatic rings. The Morgan fingerprint density at radius 1 is 1.07 bits per heavy atom. The molecule has 0 saturated carbocycles. The third-order valence-corrected chi connectivity index (χ3v) is 2.40. The molecule has 0 spiro atoms. The van der Waals surface area contributed by atoms with Crippen LogP contribution in [0.1, 0.15) is 5.56 Å². The fourth-order valence-corrected chi connectivity index (χ4v) is 1.60. The highest BCUT2D eigenvalue weighted by Gasteiger charge is 2.10. The summed E-state index contributed by atoms with van der Waals surface area (Å²) in [7, 11) is 0. The van der Waals surface area contributed by atoms with Gasteiger partial charge in [-0.25, -0.2) is 8.78 Å². The predicted molar refractivity (Wildman–Crippen MR) is 53.6 cm³/mol. The van der Waals surface area contributed by atoms with Crippen molar-refractivity contribution >= 4 is 22.4 Å². The smallest absolute Gasteiger partial charge is 0.166 e. The summed E-state index contributed by atoms with van der Waals surface area (Å²) in [6.07, 6.45) is 0. The maximum Gasteiger partial charge on any atom is 0.166 e. The molecule has 0 aromatic heterocycles. The molecule has 2 aromatic rings. The van der Waals surface area contributed by atoms with E-state index in [1.807, 2.05) is 0 Å². The Hall–Kier alpha value is -1.15. The van der Waals surface area contributed by atoms with Crippen molar-refractivity contribution in [2.45, 2.75) is 6.92 Å². The number of aryl methyl sites for hydroxylation is 1. The first kappa shape index (κ1) is 9.41. The van der Waals surface area contributed by atoms with Crippen LogP contribution < -0.4 is 0 Å². The number of fused-ring (bicyclic) bond motifs is 1. The monoisotopic (exact) mass is 212 g/mol. The van der Waals surface area contributed by atoms with Crippen LogP contribution in [-0.2, 0) is 0 Å². The Kier molecular flexibility index (Phi) is 2.16. The van der Waals surface area contributed by atoms with Gasteiger partial charge in [0.1, 0.15) is 0 Å². The van der Waals surface area contributed by atoms with Crippen molar-refractivity contribution in [1.29, 1.82) is 0 Å². The van der Waals surface area contributed by atoms with Crippen LogP contribution in [0.25, 0.3) is 10.8 Å². The molecule has 2 aromatic carbocycles. The van der Waals surface area contributed by atoms with E-state index in [2.05, 4.69) is 0 Å². The molecule has 0 aliphatic heterocycles. The topological polar surface area (TPSA) is 0 Å². The quantitative estimate of drug-likeness (QED) is 0.617. The molecule has 0 bridgehead atoms. The molecule has 0 aliphatic carbocycles. The van der Waals surface area contributed by atoms with Crippen molar-refractivity contribution in [2.24, 2.45) is 0 Å². The van der Waals surface area contributed by atoms with Gasteiger partial charge in [-0.05, 0) is 36.1 Å². The van der Waals surface area contributed by atoms with Crippen LogP contribution in [0.3, 0.4) is 0 Å². The van der Waals surface area contributed by atoms with Gasteiger partial charge in [-0.3, -0.25) is 0 Å². The fraction of sp³-hybridized carbons (Fsp3) is 0.0909. The van der Waals surface area contributed by atoms with E-state index in [1.165, 1.54) is 13.0 Å².